The van der Waals surface area contributed by atoms with Crippen LogP contribution >= 0.6 is 0 Å². The van der Waals surface area contributed by atoms with Gasteiger partial charge < -0.3 is 14.6 Å². The highest BCUT2D eigenvalue weighted by Crippen LogP contribution is 2.19. The minimum atomic E-state index is 0.455. The molecule has 1 aromatic heterocycles. The van der Waals surface area contributed by atoms with E-state index in [4.69, 9.17) is 9.26 Å². The summed E-state index contributed by atoms with van der Waals surface area (Å²) in [6, 6.07) is 8.49. The summed E-state index contributed by atoms with van der Waals surface area (Å²) in [5.41, 5.74) is 2.09. The Kier molecular flexibility index (Phi) is 4.36. The topological polar surface area (TPSA) is 47.3 Å². The molecule has 1 aromatic carbocycles. The summed E-state index contributed by atoms with van der Waals surface area (Å²) in [6.45, 7) is 5.53. The zero-order valence-corrected chi connectivity index (χ0v) is 10.7. The lowest BCUT2D eigenvalue weighted by molar-refractivity contribution is 0.300. The molecular formula is C14H18N2O2. The van der Waals surface area contributed by atoms with Crippen molar-refractivity contribution in [1.29, 1.82) is 0 Å². The predicted molar refractivity (Wildman–Crippen MR) is 69.3 cm³/mol. The zero-order valence-electron chi connectivity index (χ0n) is 10.7. The molecule has 0 saturated carbocycles. The third kappa shape index (κ3) is 3.60. The molecule has 4 nitrogen and oxygen atoms in total. The van der Waals surface area contributed by atoms with Gasteiger partial charge in [0.1, 0.15) is 18.6 Å². The fourth-order valence-electron chi connectivity index (χ4n) is 1.56. The van der Waals surface area contributed by atoms with Crippen molar-refractivity contribution in [3.8, 4) is 5.75 Å². The number of ether oxygens (including phenoxy) is 1. The Morgan fingerprint density at radius 3 is 2.89 bits per heavy atom. The van der Waals surface area contributed by atoms with Gasteiger partial charge in [0.05, 0.1) is 6.20 Å². The first-order valence-electron chi connectivity index (χ1n) is 6.08. The Labute approximate surface area is 107 Å². The van der Waals surface area contributed by atoms with Crippen LogP contribution in [0.2, 0.25) is 0 Å². The van der Waals surface area contributed by atoms with Crippen molar-refractivity contribution in [3.63, 3.8) is 0 Å². The van der Waals surface area contributed by atoms with Crippen molar-refractivity contribution < 1.29 is 9.26 Å². The van der Waals surface area contributed by atoms with Gasteiger partial charge in [-0.25, -0.2) is 0 Å². The van der Waals surface area contributed by atoms with E-state index in [1.165, 1.54) is 0 Å². The molecule has 0 amide bonds. The van der Waals surface area contributed by atoms with E-state index in [9.17, 15) is 0 Å². The maximum Gasteiger partial charge on any atom is 0.130 e. The number of hydrogen-bond donors (Lipinski definition) is 1. The monoisotopic (exact) mass is 246 g/mol. The van der Waals surface area contributed by atoms with Gasteiger partial charge in [-0.2, -0.15) is 0 Å². The highest BCUT2D eigenvalue weighted by Gasteiger charge is 2.04. The Balaban J connectivity index is 1.98. The number of nitrogens with zero attached hydrogens (tertiary/aromatic N) is 1. The largest absolute Gasteiger partial charge is 0.488 e. The van der Waals surface area contributed by atoms with E-state index >= 15 is 0 Å². The number of benzene rings is 1. The first-order valence-corrected chi connectivity index (χ1v) is 6.08. The molecule has 2 rings (SSSR count). The SMILES string of the molecule is CC(C)NCc1ccccc1OCc1cnoc1. The minimum absolute atomic E-state index is 0.455. The lowest BCUT2D eigenvalue weighted by atomic mass is 10.2. The zero-order chi connectivity index (χ0) is 12.8. The minimum Gasteiger partial charge on any atom is -0.488 e. The molecule has 18 heavy (non-hydrogen) atoms. The van der Waals surface area contributed by atoms with E-state index in [2.05, 4.69) is 30.4 Å². The molecule has 0 atom stereocenters. The Morgan fingerprint density at radius 1 is 1.33 bits per heavy atom. The van der Waals surface area contributed by atoms with Gasteiger partial charge in [0.25, 0.3) is 0 Å². The Hall–Kier alpha value is -1.81. The molecule has 1 N–H and O–H groups in total. The Bertz CT molecular complexity index is 466. The number of hydrogen-bond acceptors (Lipinski definition) is 4. The smallest absolute Gasteiger partial charge is 0.130 e. The van der Waals surface area contributed by atoms with Gasteiger partial charge in [0.2, 0.25) is 0 Å². The number of nitrogens with one attached hydrogen (secondary N) is 1. The van der Waals surface area contributed by atoms with Crippen LogP contribution in [0.15, 0.2) is 41.2 Å². The molecule has 0 radical (unpaired) electrons. The van der Waals surface area contributed by atoms with Crippen LogP contribution in [0.1, 0.15) is 25.0 Å². The summed E-state index contributed by atoms with van der Waals surface area (Å²) in [5, 5.41) is 7.03. The average Bonchev–Trinajstić information content (AvgIpc) is 2.88. The molecule has 0 saturated heterocycles. The van der Waals surface area contributed by atoms with Gasteiger partial charge in [-0.15, -0.1) is 0 Å². The molecule has 1 heterocycles. The fourth-order valence-corrected chi connectivity index (χ4v) is 1.56. The summed E-state index contributed by atoms with van der Waals surface area (Å²) in [7, 11) is 0. The van der Waals surface area contributed by atoms with Crippen LogP contribution in [0.25, 0.3) is 0 Å². The molecule has 0 spiro atoms. The molecule has 0 fully saturated rings. The van der Waals surface area contributed by atoms with Crippen molar-refractivity contribution in [3.05, 3.63) is 47.9 Å². The van der Waals surface area contributed by atoms with Gasteiger partial charge >= 0.3 is 0 Å². The molecule has 0 aliphatic carbocycles. The van der Waals surface area contributed by atoms with Crippen LogP contribution in [-0.4, -0.2) is 11.2 Å². The highest BCUT2D eigenvalue weighted by molar-refractivity contribution is 5.33. The molecule has 0 bridgehead atoms. The summed E-state index contributed by atoms with van der Waals surface area (Å²) in [6.07, 6.45) is 3.25. The van der Waals surface area contributed by atoms with Crippen LogP contribution in [-0.2, 0) is 13.2 Å². The molecule has 0 unspecified atom stereocenters. The second kappa shape index (κ2) is 6.21. The third-order valence-corrected chi connectivity index (χ3v) is 2.55. The highest BCUT2D eigenvalue weighted by atomic mass is 16.5. The normalized spacial score (nSPS) is 10.8. The number of rotatable bonds is 6. The average molecular weight is 246 g/mol. The van der Waals surface area contributed by atoms with Gasteiger partial charge in [-0.05, 0) is 6.07 Å². The summed E-state index contributed by atoms with van der Waals surface area (Å²) in [5.74, 6) is 0.895. The van der Waals surface area contributed by atoms with Crippen LogP contribution in [0.3, 0.4) is 0 Å². The van der Waals surface area contributed by atoms with Crippen molar-refractivity contribution in [2.75, 3.05) is 0 Å². The number of aromatic nitrogens is 1. The van der Waals surface area contributed by atoms with Gasteiger partial charge in [0.15, 0.2) is 0 Å². The molecular weight excluding hydrogens is 228 g/mol. The van der Waals surface area contributed by atoms with Gasteiger partial charge in [0, 0.05) is 23.7 Å². The van der Waals surface area contributed by atoms with E-state index in [1.54, 1.807) is 12.5 Å². The molecule has 0 aliphatic rings. The molecule has 4 heteroatoms. The maximum atomic E-state index is 5.77. The van der Waals surface area contributed by atoms with Crippen molar-refractivity contribution in [2.45, 2.75) is 33.0 Å². The van der Waals surface area contributed by atoms with Gasteiger partial charge in [-0.3, -0.25) is 0 Å². The summed E-state index contributed by atoms with van der Waals surface area (Å²) >= 11 is 0. The van der Waals surface area contributed by atoms with E-state index in [0.717, 1.165) is 23.4 Å². The molecule has 2 aromatic rings. The van der Waals surface area contributed by atoms with Crippen LogP contribution in [0.5, 0.6) is 5.75 Å². The second-order valence-corrected chi connectivity index (χ2v) is 4.46. The standard InChI is InChI=1S/C14H18N2O2/c1-11(2)15-8-13-5-3-4-6-14(13)17-9-12-7-16-18-10-12/h3-7,10-11,15H,8-9H2,1-2H3. The first kappa shape index (κ1) is 12.6. The van der Waals surface area contributed by atoms with Crippen LogP contribution in [0.4, 0.5) is 0 Å². The van der Waals surface area contributed by atoms with Crippen LogP contribution in [0, 0.1) is 0 Å². The van der Waals surface area contributed by atoms with E-state index < -0.39 is 0 Å². The van der Waals surface area contributed by atoms with Crippen molar-refractivity contribution >= 4 is 0 Å². The van der Waals surface area contributed by atoms with E-state index in [0.29, 0.717) is 12.6 Å². The first-order chi connectivity index (χ1) is 8.75. The molecule has 0 aliphatic heterocycles. The van der Waals surface area contributed by atoms with E-state index in [1.807, 2.05) is 18.2 Å². The maximum absolute atomic E-state index is 5.77. The lowest BCUT2D eigenvalue weighted by Gasteiger charge is -2.13. The summed E-state index contributed by atoms with van der Waals surface area (Å²) in [4.78, 5) is 0. The lowest BCUT2D eigenvalue weighted by Crippen LogP contribution is -2.22. The number of para-hydroxylation sites is 1. The third-order valence-electron chi connectivity index (χ3n) is 2.55. The fraction of sp³-hybridized carbons (Fsp3) is 0.357. The van der Waals surface area contributed by atoms with Crippen molar-refractivity contribution in [2.24, 2.45) is 0 Å². The Morgan fingerprint density at radius 2 is 2.17 bits per heavy atom. The summed E-state index contributed by atoms with van der Waals surface area (Å²) < 4.78 is 10.5. The van der Waals surface area contributed by atoms with Crippen LogP contribution < -0.4 is 10.1 Å². The van der Waals surface area contributed by atoms with E-state index in [-0.39, 0.29) is 0 Å². The van der Waals surface area contributed by atoms with Gasteiger partial charge in [-0.1, -0.05) is 37.2 Å². The quantitative estimate of drug-likeness (QED) is 0.851. The second-order valence-electron chi connectivity index (χ2n) is 4.46. The van der Waals surface area contributed by atoms with Crippen molar-refractivity contribution in [1.82, 2.24) is 10.5 Å². The predicted octanol–water partition coefficient (Wildman–Crippen LogP) is 2.75. The molecule has 96 valence electrons.